The number of nitrogens with one attached hydrogen (secondary N) is 1. The Labute approximate surface area is 99.7 Å². The van der Waals surface area contributed by atoms with Gasteiger partial charge in [-0.2, -0.15) is 0 Å². The van der Waals surface area contributed by atoms with Crippen molar-refractivity contribution in [3.8, 4) is 5.75 Å². The van der Waals surface area contributed by atoms with Crippen molar-refractivity contribution in [2.45, 2.75) is 26.8 Å². The summed E-state index contributed by atoms with van der Waals surface area (Å²) in [4.78, 5) is 0. The van der Waals surface area contributed by atoms with Crippen molar-refractivity contribution in [2.24, 2.45) is 11.3 Å². The van der Waals surface area contributed by atoms with Crippen molar-refractivity contribution < 1.29 is 13.9 Å². The minimum atomic E-state index is -0.909. The zero-order valence-corrected chi connectivity index (χ0v) is 10.1. The molecule has 1 fully saturated rings. The molecule has 0 aliphatic heterocycles. The van der Waals surface area contributed by atoms with Crippen molar-refractivity contribution >= 4 is 0 Å². The van der Waals surface area contributed by atoms with Gasteiger partial charge in [0.15, 0.2) is 17.4 Å². The van der Waals surface area contributed by atoms with Crippen LogP contribution in [0.25, 0.3) is 0 Å². The molecule has 1 aliphatic rings. The van der Waals surface area contributed by atoms with Crippen LogP contribution in [-0.4, -0.2) is 11.7 Å². The Morgan fingerprint density at radius 3 is 2.35 bits per heavy atom. The molecule has 0 spiro atoms. The van der Waals surface area contributed by atoms with Gasteiger partial charge >= 0.3 is 0 Å². The highest BCUT2D eigenvalue weighted by atomic mass is 19.1. The third-order valence-electron chi connectivity index (χ3n) is 3.51. The van der Waals surface area contributed by atoms with E-state index in [2.05, 4.69) is 19.2 Å². The Morgan fingerprint density at radius 2 is 1.88 bits per heavy atom. The van der Waals surface area contributed by atoms with Crippen molar-refractivity contribution in [1.29, 1.82) is 0 Å². The first-order chi connectivity index (χ1) is 7.90. The van der Waals surface area contributed by atoms with Crippen LogP contribution in [0.15, 0.2) is 12.1 Å². The largest absolute Gasteiger partial charge is 0.503 e. The van der Waals surface area contributed by atoms with Gasteiger partial charge in [0.2, 0.25) is 0 Å². The van der Waals surface area contributed by atoms with Crippen LogP contribution >= 0.6 is 0 Å². The van der Waals surface area contributed by atoms with Crippen LogP contribution < -0.4 is 5.32 Å². The summed E-state index contributed by atoms with van der Waals surface area (Å²) in [5.74, 6) is -2.08. The summed E-state index contributed by atoms with van der Waals surface area (Å²) < 4.78 is 26.1. The molecule has 0 amide bonds. The quantitative estimate of drug-likeness (QED) is 0.849. The molecule has 0 radical (unpaired) electrons. The number of benzene rings is 1. The summed E-state index contributed by atoms with van der Waals surface area (Å²) in [6.07, 6.45) is 1.19. The number of aromatic hydroxyl groups is 1. The second-order valence-corrected chi connectivity index (χ2v) is 5.43. The lowest BCUT2D eigenvalue weighted by Gasteiger charge is -2.07. The first-order valence-corrected chi connectivity index (χ1v) is 5.78. The maximum absolute atomic E-state index is 13.0. The standard InChI is InChI=1S/C13H17F2NO/c1-13(2)5-9(13)7-16-6-8-3-10(14)12(17)11(15)4-8/h3-4,9,16-17H,5-7H2,1-2H3. The highest BCUT2D eigenvalue weighted by molar-refractivity contribution is 5.29. The predicted molar refractivity (Wildman–Crippen MR) is 61.6 cm³/mol. The minimum Gasteiger partial charge on any atom is -0.503 e. The summed E-state index contributed by atoms with van der Waals surface area (Å²) >= 11 is 0. The number of halogens is 2. The molecule has 1 aromatic rings. The van der Waals surface area contributed by atoms with Gasteiger partial charge in [-0.05, 0) is 42.0 Å². The van der Waals surface area contributed by atoms with Crippen molar-refractivity contribution in [3.05, 3.63) is 29.3 Å². The molecule has 1 aliphatic carbocycles. The van der Waals surface area contributed by atoms with Gasteiger partial charge in [-0.25, -0.2) is 8.78 Å². The van der Waals surface area contributed by atoms with Crippen LogP contribution in [0, 0.1) is 23.0 Å². The molecule has 2 rings (SSSR count). The Morgan fingerprint density at radius 1 is 1.35 bits per heavy atom. The molecule has 1 saturated carbocycles. The van der Waals surface area contributed by atoms with E-state index in [-0.39, 0.29) is 0 Å². The predicted octanol–water partition coefficient (Wildman–Crippen LogP) is 2.81. The van der Waals surface area contributed by atoms with E-state index >= 15 is 0 Å². The lowest BCUT2D eigenvalue weighted by atomic mass is 10.1. The van der Waals surface area contributed by atoms with E-state index < -0.39 is 17.4 Å². The van der Waals surface area contributed by atoms with Gasteiger partial charge in [-0.3, -0.25) is 0 Å². The smallest absolute Gasteiger partial charge is 0.187 e. The van der Waals surface area contributed by atoms with Gasteiger partial charge in [0.1, 0.15) is 0 Å². The Kier molecular flexibility index (Phi) is 3.08. The maximum atomic E-state index is 13.0. The summed E-state index contributed by atoms with van der Waals surface area (Å²) in [5, 5.41) is 12.1. The molecular weight excluding hydrogens is 224 g/mol. The van der Waals surface area contributed by atoms with Crippen molar-refractivity contribution in [3.63, 3.8) is 0 Å². The van der Waals surface area contributed by atoms with Gasteiger partial charge in [0, 0.05) is 6.54 Å². The normalized spacial score (nSPS) is 21.5. The van der Waals surface area contributed by atoms with Crippen LogP contribution in [0.2, 0.25) is 0 Å². The fraction of sp³-hybridized carbons (Fsp3) is 0.538. The van der Waals surface area contributed by atoms with Crippen LogP contribution in [-0.2, 0) is 6.54 Å². The third-order valence-corrected chi connectivity index (χ3v) is 3.51. The molecule has 0 heterocycles. The average Bonchev–Trinajstić information content (AvgIpc) is 2.83. The maximum Gasteiger partial charge on any atom is 0.187 e. The van der Waals surface area contributed by atoms with Crippen LogP contribution in [0.4, 0.5) is 8.78 Å². The molecular formula is C13H17F2NO. The molecule has 0 aromatic heterocycles. The number of hydrogen-bond donors (Lipinski definition) is 2. The second kappa shape index (κ2) is 4.26. The van der Waals surface area contributed by atoms with E-state index in [9.17, 15) is 8.78 Å². The lowest BCUT2D eigenvalue weighted by Crippen LogP contribution is -2.18. The number of rotatable bonds is 4. The highest BCUT2D eigenvalue weighted by Gasteiger charge is 2.44. The molecule has 1 atom stereocenters. The molecule has 0 bridgehead atoms. The minimum absolute atomic E-state index is 0.401. The number of phenols is 1. The lowest BCUT2D eigenvalue weighted by molar-refractivity contribution is 0.395. The number of phenolic OH excluding ortho intramolecular Hbond substituents is 1. The number of hydrogen-bond acceptors (Lipinski definition) is 2. The van der Waals surface area contributed by atoms with E-state index in [4.69, 9.17) is 5.11 Å². The summed E-state index contributed by atoms with van der Waals surface area (Å²) in [6, 6.07) is 2.31. The van der Waals surface area contributed by atoms with Gasteiger partial charge in [0.05, 0.1) is 0 Å². The Hall–Kier alpha value is -1.16. The Bertz CT molecular complexity index is 408. The van der Waals surface area contributed by atoms with Gasteiger partial charge in [-0.1, -0.05) is 13.8 Å². The highest BCUT2D eigenvalue weighted by Crippen LogP contribution is 2.50. The van der Waals surface area contributed by atoms with Crippen molar-refractivity contribution in [2.75, 3.05) is 6.54 Å². The topological polar surface area (TPSA) is 32.3 Å². The van der Waals surface area contributed by atoms with Gasteiger partial charge < -0.3 is 10.4 Å². The summed E-state index contributed by atoms with van der Waals surface area (Å²) in [5.41, 5.74) is 0.912. The van der Waals surface area contributed by atoms with Crippen LogP contribution in [0.5, 0.6) is 5.75 Å². The van der Waals surface area contributed by atoms with E-state index in [0.29, 0.717) is 23.4 Å². The molecule has 1 unspecified atom stereocenters. The molecule has 0 saturated heterocycles. The van der Waals surface area contributed by atoms with Crippen LogP contribution in [0.1, 0.15) is 25.8 Å². The molecule has 94 valence electrons. The SMILES string of the molecule is CC1(C)CC1CNCc1cc(F)c(O)c(F)c1. The molecule has 2 nitrogen and oxygen atoms in total. The van der Waals surface area contributed by atoms with E-state index in [1.165, 1.54) is 6.42 Å². The van der Waals surface area contributed by atoms with Gasteiger partial charge in [0.25, 0.3) is 0 Å². The monoisotopic (exact) mass is 241 g/mol. The fourth-order valence-corrected chi connectivity index (χ4v) is 2.04. The second-order valence-electron chi connectivity index (χ2n) is 5.43. The third kappa shape index (κ3) is 2.75. The first-order valence-electron chi connectivity index (χ1n) is 5.78. The zero-order valence-electron chi connectivity index (χ0n) is 10.1. The zero-order chi connectivity index (χ0) is 12.6. The molecule has 1 aromatic carbocycles. The van der Waals surface area contributed by atoms with E-state index in [1.54, 1.807) is 0 Å². The Balaban J connectivity index is 1.87. The first kappa shape index (κ1) is 12.3. The van der Waals surface area contributed by atoms with E-state index in [1.807, 2.05) is 0 Å². The molecule has 2 N–H and O–H groups in total. The molecule has 4 heteroatoms. The summed E-state index contributed by atoms with van der Waals surface area (Å²) in [7, 11) is 0. The average molecular weight is 241 g/mol. The molecule has 17 heavy (non-hydrogen) atoms. The summed E-state index contributed by atoms with van der Waals surface area (Å²) in [6.45, 7) is 5.69. The van der Waals surface area contributed by atoms with E-state index in [0.717, 1.165) is 18.7 Å². The fourth-order valence-electron chi connectivity index (χ4n) is 2.04. The van der Waals surface area contributed by atoms with Crippen LogP contribution in [0.3, 0.4) is 0 Å². The van der Waals surface area contributed by atoms with Crippen molar-refractivity contribution in [1.82, 2.24) is 5.32 Å². The van der Waals surface area contributed by atoms with Gasteiger partial charge in [-0.15, -0.1) is 0 Å².